The average molecular weight is 204 g/mol. The summed E-state index contributed by atoms with van der Waals surface area (Å²) >= 11 is 0. The summed E-state index contributed by atoms with van der Waals surface area (Å²) in [6.45, 7) is 2.47. The second-order valence-electron chi connectivity index (χ2n) is 2.49. The largest absolute Gasteiger partial charge is 0.449 e. The van der Waals surface area contributed by atoms with E-state index in [0.29, 0.717) is 19.4 Å². The SMILES string of the molecule is CCOC(=O)NNC(=O)CCCOC. The fourth-order valence-electron chi connectivity index (χ4n) is 0.727. The van der Waals surface area contributed by atoms with Gasteiger partial charge < -0.3 is 9.47 Å². The van der Waals surface area contributed by atoms with Crippen LogP contribution in [0.25, 0.3) is 0 Å². The molecule has 0 aromatic carbocycles. The molecule has 0 unspecified atom stereocenters. The lowest BCUT2D eigenvalue weighted by Crippen LogP contribution is -2.41. The summed E-state index contributed by atoms with van der Waals surface area (Å²) in [5.74, 6) is -0.268. The predicted octanol–water partition coefficient (Wildman–Crippen LogP) is 0.190. The number of nitrogens with one attached hydrogen (secondary N) is 2. The van der Waals surface area contributed by atoms with E-state index in [-0.39, 0.29) is 12.5 Å². The number of hydrazine groups is 1. The number of ether oxygens (including phenoxy) is 2. The molecule has 0 heterocycles. The topological polar surface area (TPSA) is 76.7 Å². The van der Waals surface area contributed by atoms with Gasteiger partial charge in [-0.25, -0.2) is 10.2 Å². The van der Waals surface area contributed by atoms with Crippen LogP contribution >= 0.6 is 0 Å². The summed E-state index contributed by atoms with van der Waals surface area (Å²) in [5, 5.41) is 0. The molecular weight excluding hydrogens is 188 g/mol. The maximum Gasteiger partial charge on any atom is 0.426 e. The Bertz CT molecular complexity index is 184. The zero-order valence-corrected chi connectivity index (χ0v) is 8.46. The van der Waals surface area contributed by atoms with Crippen molar-refractivity contribution in [3.8, 4) is 0 Å². The van der Waals surface area contributed by atoms with Gasteiger partial charge in [-0.15, -0.1) is 0 Å². The van der Waals surface area contributed by atoms with Gasteiger partial charge in [-0.2, -0.15) is 0 Å². The van der Waals surface area contributed by atoms with Crippen LogP contribution in [0.1, 0.15) is 19.8 Å². The van der Waals surface area contributed by atoms with Crippen molar-refractivity contribution in [2.24, 2.45) is 0 Å². The summed E-state index contributed by atoms with van der Waals surface area (Å²) < 4.78 is 9.29. The smallest absolute Gasteiger partial charge is 0.426 e. The number of rotatable bonds is 5. The molecule has 14 heavy (non-hydrogen) atoms. The second-order valence-corrected chi connectivity index (χ2v) is 2.49. The first-order chi connectivity index (χ1) is 6.70. The molecular formula is C8H16N2O4. The van der Waals surface area contributed by atoms with E-state index in [0.717, 1.165) is 0 Å². The molecule has 0 aliphatic heterocycles. The van der Waals surface area contributed by atoms with Crippen LogP contribution in [0.5, 0.6) is 0 Å². The van der Waals surface area contributed by atoms with Crippen molar-refractivity contribution in [3.05, 3.63) is 0 Å². The highest BCUT2D eigenvalue weighted by Gasteiger charge is 2.03. The Labute approximate surface area is 82.9 Å². The van der Waals surface area contributed by atoms with E-state index in [1.807, 2.05) is 0 Å². The molecule has 6 nitrogen and oxygen atoms in total. The summed E-state index contributed by atoms with van der Waals surface area (Å²) in [5.41, 5.74) is 4.32. The number of methoxy groups -OCH3 is 1. The van der Waals surface area contributed by atoms with E-state index in [9.17, 15) is 9.59 Å². The third-order valence-electron chi connectivity index (χ3n) is 1.33. The van der Waals surface area contributed by atoms with Crippen LogP contribution in [-0.2, 0) is 14.3 Å². The molecule has 0 aromatic heterocycles. The Kier molecular flexibility index (Phi) is 7.53. The summed E-state index contributed by atoms with van der Waals surface area (Å²) in [6, 6.07) is 0. The first kappa shape index (κ1) is 12.7. The Morgan fingerprint density at radius 1 is 1.29 bits per heavy atom. The lowest BCUT2D eigenvalue weighted by atomic mass is 10.3. The summed E-state index contributed by atoms with van der Waals surface area (Å²) in [4.78, 5) is 21.7. The van der Waals surface area contributed by atoms with Gasteiger partial charge >= 0.3 is 6.09 Å². The highest BCUT2D eigenvalue weighted by atomic mass is 16.6. The van der Waals surface area contributed by atoms with E-state index in [4.69, 9.17) is 4.74 Å². The molecule has 0 aliphatic rings. The fraction of sp³-hybridized carbons (Fsp3) is 0.750. The molecule has 0 spiro atoms. The maximum atomic E-state index is 11.0. The number of hydrogen-bond acceptors (Lipinski definition) is 4. The van der Waals surface area contributed by atoms with Crippen molar-refractivity contribution in [2.45, 2.75) is 19.8 Å². The third kappa shape index (κ3) is 7.35. The van der Waals surface area contributed by atoms with Crippen molar-refractivity contribution in [1.82, 2.24) is 10.9 Å². The van der Waals surface area contributed by atoms with E-state index in [2.05, 4.69) is 15.6 Å². The van der Waals surface area contributed by atoms with Gasteiger partial charge in [-0.1, -0.05) is 0 Å². The van der Waals surface area contributed by atoms with Crippen LogP contribution < -0.4 is 10.9 Å². The molecule has 82 valence electrons. The van der Waals surface area contributed by atoms with Crippen LogP contribution in [0.3, 0.4) is 0 Å². The molecule has 0 rings (SSSR count). The third-order valence-corrected chi connectivity index (χ3v) is 1.33. The molecule has 0 aliphatic carbocycles. The molecule has 6 heteroatoms. The Balaban J connectivity index is 3.39. The minimum absolute atomic E-state index is 0.268. The minimum atomic E-state index is -0.660. The summed E-state index contributed by atoms with van der Waals surface area (Å²) in [7, 11) is 1.56. The molecule has 0 radical (unpaired) electrons. The lowest BCUT2D eigenvalue weighted by Gasteiger charge is -2.06. The highest BCUT2D eigenvalue weighted by Crippen LogP contribution is 1.87. The van der Waals surface area contributed by atoms with Gasteiger partial charge in [-0.05, 0) is 13.3 Å². The zero-order valence-electron chi connectivity index (χ0n) is 8.46. The Morgan fingerprint density at radius 3 is 2.57 bits per heavy atom. The summed E-state index contributed by atoms with van der Waals surface area (Å²) in [6.07, 6.45) is 0.264. The van der Waals surface area contributed by atoms with Crippen LogP contribution in [0.2, 0.25) is 0 Å². The first-order valence-electron chi connectivity index (χ1n) is 4.41. The van der Waals surface area contributed by atoms with Gasteiger partial charge in [0.1, 0.15) is 0 Å². The van der Waals surface area contributed by atoms with Crippen molar-refractivity contribution in [1.29, 1.82) is 0 Å². The quantitative estimate of drug-likeness (QED) is 0.495. The van der Waals surface area contributed by atoms with Crippen LogP contribution in [0.4, 0.5) is 4.79 Å². The van der Waals surface area contributed by atoms with Gasteiger partial charge in [0, 0.05) is 20.1 Å². The highest BCUT2D eigenvalue weighted by molar-refractivity contribution is 5.78. The molecule has 0 bridgehead atoms. The minimum Gasteiger partial charge on any atom is -0.449 e. The standard InChI is InChI=1S/C8H16N2O4/c1-3-14-8(12)10-9-7(11)5-4-6-13-2/h3-6H2,1-2H3,(H,9,11)(H,10,12). The van der Waals surface area contributed by atoms with E-state index >= 15 is 0 Å². The van der Waals surface area contributed by atoms with Crippen molar-refractivity contribution in [3.63, 3.8) is 0 Å². The van der Waals surface area contributed by atoms with Crippen molar-refractivity contribution in [2.75, 3.05) is 20.3 Å². The van der Waals surface area contributed by atoms with E-state index in [1.165, 1.54) is 0 Å². The lowest BCUT2D eigenvalue weighted by molar-refractivity contribution is -0.122. The molecule has 2 N–H and O–H groups in total. The number of hydrogen-bond donors (Lipinski definition) is 2. The molecule has 0 fully saturated rings. The van der Waals surface area contributed by atoms with Crippen LogP contribution in [0.15, 0.2) is 0 Å². The molecule has 0 aromatic rings. The number of carbonyl (C=O) groups excluding carboxylic acids is 2. The van der Waals surface area contributed by atoms with Gasteiger partial charge in [-0.3, -0.25) is 10.2 Å². The van der Waals surface area contributed by atoms with Gasteiger partial charge in [0.15, 0.2) is 0 Å². The number of amides is 2. The zero-order chi connectivity index (χ0) is 10.8. The predicted molar refractivity (Wildman–Crippen MR) is 49.4 cm³/mol. The van der Waals surface area contributed by atoms with Gasteiger partial charge in [0.25, 0.3) is 0 Å². The first-order valence-corrected chi connectivity index (χ1v) is 4.41. The number of carbonyl (C=O) groups is 2. The van der Waals surface area contributed by atoms with Crippen molar-refractivity contribution < 1.29 is 19.1 Å². The van der Waals surface area contributed by atoms with Crippen LogP contribution in [0, 0.1) is 0 Å². The Hall–Kier alpha value is -1.30. The molecule has 0 atom stereocenters. The van der Waals surface area contributed by atoms with Crippen molar-refractivity contribution >= 4 is 12.0 Å². The molecule has 2 amide bonds. The van der Waals surface area contributed by atoms with E-state index < -0.39 is 6.09 Å². The van der Waals surface area contributed by atoms with Crippen LogP contribution in [-0.4, -0.2) is 32.3 Å². The monoisotopic (exact) mass is 204 g/mol. The molecule has 0 saturated carbocycles. The fourth-order valence-corrected chi connectivity index (χ4v) is 0.727. The second kappa shape index (κ2) is 8.31. The maximum absolute atomic E-state index is 11.0. The normalized spacial score (nSPS) is 9.29. The Morgan fingerprint density at radius 2 is 2.00 bits per heavy atom. The average Bonchev–Trinajstić information content (AvgIpc) is 2.16. The van der Waals surface area contributed by atoms with Gasteiger partial charge in [0.2, 0.25) is 5.91 Å². The molecule has 0 saturated heterocycles. The van der Waals surface area contributed by atoms with Gasteiger partial charge in [0.05, 0.1) is 6.61 Å². The van der Waals surface area contributed by atoms with E-state index in [1.54, 1.807) is 14.0 Å².